The predicted molar refractivity (Wildman–Crippen MR) is 156 cm³/mol. The number of pyridine rings is 1. The summed E-state index contributed by atoms with van der Waals surface area (Å²) in [5.41, 5.74) is 2.19. The molecule has 2 nitrogen and oxygen atoms in total. The summed E-state index contributed by atoms with van der Waals surface area (Å²) in [6, 6.07) is 13.0. The number of hydrogen-bond acceptors (Lipinski definition) is 3. The van der Waals surface area contributed by atoms with Crippen molar-refractivity contribution in [2.24, 2.45) is 0 Å². The minimum Gasteiger partial charge on any atom is -0.492 e. The minimum atomic E-state index is 0.794. The lowest BCUT2D eigenvalue weighted by molar-refractivity contribution is 0.303. The molecule has 0 saturated carbocycles. The van der Waals surface area contributed by atoms with Crippen LogP contribution in [0.3, 0.4) is 0 Å². The molecule has 1 aromatic carbocycles. The topological polar surface area (TPSA) is 22.1 Å². The second kappa shape index (κ2) is 20.7. The van der Waals surface area contributed by atoms with Crippen molar-refractivity contribution in [3.63, 3.8) is 0 Å². The van der Waals surface area contributed by atoms with Crippen molar-refractivity contribution in [2.75, 3.05) is 12.4 Å². The van der Waals surface area contributed by atoms with E-state index in [9.17, 15) is 0 Å². The van der Waals surface area contributed by atoms with Crippen LogP contribution in [-0.2, 0) is 0 Å². The van der Waals surface area contributed by atoms with E-state index < -0.39 is 0 Å². The van der Waals surface area contributed by atoms with Gasteiger partial charge >= 0.3 is 0 Å². The third-order valence-electron chi connectivity index (χ3n) is 6.67. The van der Waals surface area contributed by atoms with Gasteiger partial charge in [0.05, 0.1) is 18.5 Å². The highest BCUT2D eigenvalue weighted by Gasteiger charge is 2.02. The van der Waals surface area contributed by atoms with Crippen molar-refractivity contribution in [1.29, 1.82) is 0 Å². The fourth-order valence-corrected chi connectivity index (χ4v) is 5.30. The van der Waals surface area contributed by atoms with Crippen LogP contribution in [0.15, 0.2) is 47.5 Å². The van der Waals surface area contributed by atoms with Crippen LogP contribution in [0.1, 0.15) is 123 Å². The Balaban J connectivity index is 1.53. The maximum absolute atomic E-state index is 5.92. The Bertz CT molecular complexity index is 728. The summed E-state index contributed by atoms with van der Waals surface area (Å²) in [6.45, 7) is 5.35. The van der Waals surface area contributed by atoms with Crippen LogP contribution in [-0.4, -0.2) is 17.3 Å². The first-order valence-electron chi connectivity index (χ1n) is 14.7. The lowest BCUT2D eigenvalue weighted by Crippen LogP contribution is -1.98. The normalized spacial score (nSPS) is 11.1. The fourth-order valence-electron chi connectivity index (χ4n) is 4.39. The van der Waals surface area contributed by atoms with E-state index in [4.69, 9.17) is 4.74 Å². The number of hydrogen-bond donors (Lipinski definition) is 0. The number of thioether (sulfide) groups is 1. The minimum absolute atomic E-state index is 0.794. The quantitative estimate of drug-likeness (QED) is 0.119. The van der Waals surface area contributed by atoms with E-state index >= 15 is 0 Å². The summed E-state index contributed by atoms with van der Waals surface area (Å²) in [5, 5.41) is 0. The predicted octanol–water partition coefficient (Wildman–Crippen LogP) is 10.9. The van der Waals surface area contributed by atoms with Gasteiger partial charge in [-0.05, 0) is 42.9 Å². The van der Waals surface area contributed by atoms with Gasteiger partial charge < -0.3 is 4.74 Å². The van der Waals surface area contributed by atoms with Crippen LogP contribution < -0.4 is 4.74 Å². The molecule has 0 fully saturated rings. The van der Waals surface area contributed by atoms with E-state index in [1.54, 1.807) is 0 Å². The Morgan fingerprint density at radius 3 is 1.69 bits per heavy atom. The Morgan fingerprint density at radius 2 is 1.14 bits per heavy atom. The maximum Gasteiger partial charge on any atom is 0.137 e. The number of benzene rings is 1. The zero-order chi connectivity index (χ0) is 24.8. The molecule has 2 aromatic rings. The largest absolute Gasteiger partial charge is 0.492 e. The lowest BCUT2D eigenvalue weighted by Gasteiger charge is -2.08. The number of nitrogens with zero attached hydrogens (tertiary/aromatic N) is 1. The SMILES string of the molecule is CCCCCCCCCCCCCOc1ccc(-c2ccc(SCCCCCCCC)cc2)nc1. The molecule has 0 bridgehead atoms. The molecule has 0 N–H and O–H groups in total. The molecule has 3 heteroatoms. The molecule has 0 aliphatic rings. The molecule has 0 atom stereocenters. The van der Waals surface area contributed by atoms with Crippen LogP contribution in [0.2, 0.25) is 0 Å². The van der Waals surface area contributed by atoms with E-state index in [0.717, 1.165) is 24.5 Å². The Labute approximate surface area is 221 Å². The van der Waals surface area contributed by atoms with Gasteiger partial charge in [0.2, 0.25) is 0 Å². The first kappa shape index (κ1) is 29.7. The molecular weight excluding hydrogens is 446 g/mol. The fraction of sp³-hybridized carbons (Fsp3) is 0.656. The van der Waals surface area contributed by atoms with E-state index in [1.807, 2.05) is 18.0 Å². The van der Waals surface area contributed by atoms with Crippen molar-refractivity contribution >= 4 is 11.8 Å². The molecule has 0 radical (unpaired) electrons. The molecule has 1 heterocycles. The highest BCUT2D eigenvalue weighted by atomic mass is 32.2. The van der Waals surface area contributed by atoms with Gasteiger partial charge in [0.25, 0.3) is 0 Å². The highest BCUT2D eigenvalue weighted by molar-refractivity contribution is 7.99. The maximum atomic E-state index is 5.92. The standard InChI is InChI=1S/C32H51NOS/c1-3-5-7-9-11-12-13-14-15-16-18-26-34-30-22-25-32(33-28-30)29-20-23-31(24-21-29)35-27-19-17-10-8-6-4-2/h20-25,28H,3-19,26-27H2,1-2H3. The van der Waals surface area contributed by atoms with Gasteiger partial charge in [-0.2, -0.15) is 0 Å². The monoisotopic (exact) mass is 497 g/mol. The van der Waals surface area contributed by atoms with Crippen LogP contribution in [0, 0.1) is 0 Å². The van der Waals surface area contributed by atoms with Crippen molar-refractivity contribution < 1.29 is 4.74 Å². The highest BCUT2D eigenvalue weighted by Crippen LogP contribution is 2.25. The van der Waals surface area contributed by atoms with E-state index in [2.05, 4.69) is 55.2 Å². The van der Waals surface area contributed by atoms with Crippen LogP contribution in [0.25, 0.3) is 11.3 Å². The third kappa shape index (κ3) is 14.6. The number of rotatable bonds is 22. The molecule has 0 saturated heterocycles. The van der Waals surface area contributed by atoms with Crippen LogP contribution in [0.5, 0.6) is 5.75 Å². The zero-order valence-corrected chi connectivity index (χ0v) is 23.6. The van der Waals surface area contributed by atoms with Crippen molar-refractivity contribution in [3.05, 3.63) is 42.6 Å². The molecular formula is C32H51NOS. The van der Waals surface area contributed by atoms with Crippen molar-refractivity contribution in [2.45, 2.75) is 128 Å². The Hall–Kier alpha value is -1.48. The molecule has 1 aromatic heterocycles. The van der Waals surface area contributed by atoms with E-state index in [0.29, 0.717) is 0 Å². The third-order valence-corrected chi connectivity index (χ3v) is 7.77. The van der Waals surface area contributed by atoms with Crippen LogP contribution in [0.4, 0.5) is 0 Å². The van der Waals surface area contributed by atoms with Gasteiger partial charge in [-0.1, -0.05) is 122 Å². The van der Waals surface area contributed by atoms with Gasteiger partial charge in [-0.15, -0.1) is 11.8 Å². The summed E-state index contributed by atoms with van der Waals surface area (Å²) in [6.07, 6.45) is 25.0. The summed E-state index contributed by atoms with van der Waals surface area (Å²) in [5.74, 6) is 2.10. The summed E-state index contributed by atoms with van der Waals surface area (Å²) in [4.78, 5) is 5.99. The lowest BCUT2D eigenvalue weighted by atomic mass is 10.1. The molecule has 0 aliphatic carbocycles. The zero-order valence-electron chi connectivity index (χ0n) is 22.7. The second-order valence-electron chi connectivity index (χ2n) is 9.90. The van der Waals surface area contributed by atoms with Crippen LogP contribution >= 0.6 is 11.8 Å². The van der Waals surface area contributed by atoms with Gasteiger partial charge in [0.15, 0.2) is 0 Å². The smallest absolute Gasteiger partial charge is 0.137 e. The van der Waals surface area contributed by atoms with Crippen molar-refractivity contribution in [1.82, 2.24) is 4.98 Å². The number of unbranched alkanes of at least 4 members (excludes halogenated alkanes) is 15. The number of aromatic nitrogens is 1. The molecule has 35 heavy (non-hydrogen) atoms. The van der Waals surface area contributed by atoms with Gasteiger partial charge in [0.1, 0.15) is 5.75 Å². The molecule has 0 spiro atoms. The molecule has 0 unspecified atom stereocenters. The Kier molecular flexibility index (Phi) is 17.6. The van der Waals surface area contributed by atoms with E-state index in [-0.39, 0.29) is 0 Å². The first-order chi connectivity index (χ1) is 17.3. The molecule has 0 amide bonds. The Morgan fingerprint density at radius 1 is 0.600 bits per heavy atom. The number of ether oxygens (including phenoxy) is 1. The van der Waals surface area contributed by atoms with E-state index in [1.165, 1.54) is 119 Å². The van der Waals surface area contributed by atoms with Gasteiger partial charge in [-0.3, -0.25) is 4.98 Å². The van der Waals surface area contributed by atoms with Gasteiger partial charge in [0, 0.05) is 10.5 Å². The first-order valence-corrected chi connectivity index (χ1v) is 15.6. The average Bonchev–Trinajstić information content (AvgIpc) is 2.89. The second-order valence-corrected chi connectivity index (χ2v) is 11.1. The van der Waals surface area contributed by atoms with Gasteiger partial charge in [-0.25, -0.2) is 0 Å². The molecule has 2 rings (SSSR count). The molecule has 196 valence electrons. The average molecular weight is 498 g/mol. The molecule has 0 aliphatic heterocycles. The summed E-state index contributed by atoms with van der Waals surface area (Å²) >= 11 is 1.97. The van der Waals surface area contributed by atoms with Crippen molar-refractivity contribution in [3.8, 4) is 17.0 Å². The summed E-state index contributed by atoms with van der Waals surface area (Å²) < 4.78 is 5.92. The summed E-state index contributed by atoms with van der Waals surface area (Å²) in [7, 11) is 0.